The maximum atomic E-state index is 9.98. The Morgan fingerprint density at radius 2 is 1.79 bits per heavy atom. The third kappa shape index (κ3) is 2.64. The first kappa shape index (κ1) is 15.4. The SMILES string of the molecule is CC(C)(O)CCc1ccc2c(c1)c1cc(Cl)ccc1c1nc[nH]c21. The summed E-state index contributed by atoms with van der Waals surface area (Å²) in [6.07, 6.45) is 3.30. The van der Waals surface area contributed by atoms with Gasteiger partial charge < -0.3 is 10.1 Å². The van der Waals surface area contributed by atoms with Gasteiger partial charge in [0.05, 0.1) is 23.0 Å². The molecule has 0 bridgehead atoms. The lowest BCUT2D eigenvalue weighted by atomic mass is 9.94. The fraction of sp³-hybridized carbons (Fsp3) is 0.250. The maximum absolute atomic E-state index is 9.98. The average molecular weight is 339 g/mol. The van der Waals surface area contributed by atoms with E-state index in [1.54, 1.807) is 6.33 Å². The first-order valence-corrected chi connectivity index (χ1v) is 8.49. The smallest absolute Gasteiger partial charge is 0.0967 e. The number of aryl methyl sites for hydroxylation is 1. The third-order valence-corrected chi connectivity index (χ3v) is 4.78. The Labute approximate surface area is 145 Å². The fourth-order valence-corrected chi connectivity index (χ4v) is 3.46. The second-order valence-corrected chi connectivity index (χ2v) is 7.44. The minimum absolute atomic E-state index is 0.659. The lowest BCUT2D eigenvalue weighted by molar-refractivity contribution is 0.0714. The number of aliphatic hydroxyl groups is 1. The van der Waals surface area contributed by atoms with Gasteiger partial charge in [-0.1, -0.05) is 35.9 Å². The van der Waals surface area contributed by atoms with Gasteiger partial charge in [-0.05, 0) is 55.2 Å². The molecule has 0 fully saturated rings. The number of hydrogen-bond acceptors (Lipinski definition) is 2. The van der Waals surface area contributed by atoms with E-state index < -0.39 is 5.60 Å². The zero-order chi connectivity index (χ0) is 16.9. The highest BCUT2D eigenvalue weighted by Crippen LogP contribution is 2.35. The van der Waals surface area contributed by atoms with Gasteiger partial charge in [-0.25, -0.2) is 4.98 Å². The predicted molar refractivity (Wildman–Crippen MR) is 101 cm³/mol. The number of nitrogens with one attached hydrogen (secondary N) is 1. The van der Waals surface area contributed by atoms with Gasteiger partial charge in [-0.15, -0.1) is 0 Å². The zero-order valence-corrected chi connectivity index (χ0v) is 14.5. The molecule has 4 aromatic rings. The van der Waals surface area contributed by atoms with Crippen molar-refractivity contribution in [2.75, 3.05) is 0 Å². The van der Waals surface area contributed by atoms with Crippen LogP contribution in [0.25, 0.3) is 32.6 Å². The number of aromatic nitrogens is 2. The summed E-state index contributed by atoms with van der Waals surface area (Å²) in [5.74, 6) is 0. The molecule has 1 aromatic heterocycles. The van der Waals surface area contributed by atoms with Gasteiger partial charge in [-0.3, -0.25) is 0 Å². The highest BCUT2D eigenvalue weighted by molar-refractivity contribution is 6.33. The molecule has 122 valence electrons. The number of H-pyrrole nitrogens is 1. The number of hydrogen-bond donors (Lipinski definition) is 2. The van der Waals surface area contributed by atoms with Crippen molar-refractivity contribution in [1.82, 2.24) is 9.97 Å². The summed E-state index contributed by atoms with van der Waals surface area (Å²) in [6, 6.07) is 12.4. The highest BCUT2D eigenvalue weighted by atomic mass is 35.5. The second-order valence-electron chi connectivity index (χ2n) is 7.01. The second kappa shape index (κ2) is 5.47. The van der Waals surface area contributed by atoms with Crippen molar-refractivity contribution in [1.29, 1.82) is 0 Å². The van der Waals surface area contributed by atoms with Gasteiger partial charge in [-0.2, -0.15) is 0 Å². The van der Waals surface area contributed by atoms with Gasteiger partial charge in [0.1, 0.15) is 0 Å². The monoisotopic (exact) mass is 338 g/mol. The van der Waals surface area contributed by atoms with Gasteiger partial charge in [0, 0.05) is 15.8 Å². The molecule has 0 spiro atoms. The lowest BCUT2D eigenvalue weighted by Gasteiger charge is -2.17. The van der Waals surface area contributed by atoms with Crippen LogP contribution in [0.5, 0.6) is 0 Å². The molecule has 0 atom stereocenters. The van der Waals surface area contributed by atoms with Crippen LogP contribution >= 0.6 is 11.6 Å². The van der Waals surface area contributed by atoms with Gasteiger partial charge in [0.2, 0.25) is 0 Å². The van der Waals surface area contributed by atoms with Crippen LogP contribution in [-0.2, 0) is 6.42 Å². The molecule has 0 amide bonds. The predicted octanol–water partition coefficient (Wildman–Crippen LogP) is 5.23. The van der Waals surface area contributed by atoms with Gasteiger partial charge in [0.25, 0.3) is 0 Å². The summed E-state index contributed by atoms with van der Waals surface area (Å²) in [5, 5.41) is 15.2. The Morgan fingerprint density at radius 1 is 1.04 bits per heavy atom. The van der Waals surface area contributed by atoms with Crippen molar-refractivity contribution in [3.63, 3.8) is 0 Å². The van der Waals surface area contributed by atoms with Crippen LogP contribution < -0.4 is 0 Å². The number of aromatic amines is 1. The van der Waals surface area contributed by atoms with Crippen molar-refractivity contribution < 1.29 is 5.11 Å². The molecular weight excluding hydrogens is 320 g/mol. The van der Waals surface area contributed by atoms with E-state index in [1.165, 1.54) is 5.56 Å². The summed E-state index contributed by atoms with van der Waals surface area (Å²) in [6.45, 7) is 3.69. The molecule has 4 heteroatoms. The molecule has 0 aliphatic heterocycles. The summed E-state index contributed by atoms with van der Waals surface area (Å²) in [5.41, 5.74) is 2.57. The normalized spacial score (nSPS) is 12.5. The van der Waals surface area contributed by atoms with Crippen molar-refractivity contribution in [2.45, 2.75) is 32.3 Å². The Kier molecular flexibility index (Phi) is 3.52. The largest absolute Gasteiger partial charge is 0.390 e. The van der Waals surface area contributed by atoms with Crippen LogP contribution in [0.3, 0.4) is 0 Å². The number of nitrogens with zero attached hydrogens (tertiary/aromatic N) is 1. The van der Waals surface area contributed by atoms with Crippen LogP contribution in [0.4, 0.5) is 0 Å². The molecule has 0 radical (unpaired) electrons. The topological polar surface area (TPSA) is 48.9 Å². The first-order valence-electron chi connectivity index (χ1n) is 8.12. The van der Waals surface area contributed by atoms with E-state index in [-0.39, 0.29) is 0 Å². The van der Waals surface area contributed by atoms with Crippen LogP contribution in [0, 0.1) is 0 Å². The molecule has 0 aliphatic carbocycles. The molecule has 4 rings (SSSR count). The summed E-state index contributed by atoms with van der Waals surface area (Å²) in [7, 11) is 0. The summed E-state index contributed by atoms with van der Waals surface area (Å²) in [4.78, 5) is 7.75. The van der Waals surface area contributed by atoms with Gasteiger partial charge in [0.15, 0.2) is 0 Å². The van der Waals surface area contributed by atoms with Crippen molar-refractivity contribution in [3.05, 3.63) is 53.3 Å². The van der Waals surface area contributed by atoms with E-state index in [0.29, 0.717) is 0 Å². The molecule has 0 aliphatic rings. The van der Waals surface area contributed by atoms with Crippen molar-refractivity contribution in [2.24, 2.45) is 0 Å². The highest BCUT2D eigenvalue weighted by Gasteiger charge is 2.14. The number of halogens is 1. The molecule has 0 saturated heterocycles. The maximum Gasteiger partial charge on any atom is 0.0967 e. The molecular formula is C20H19ClN2O. The first-order chi connectivity index (χ1) is 11.4. The van der Waals surface area contributed by atoms with Crippen LogP contribution in [0.15, 0.2) is 42.7 Å². The van der Waals surface area contributed by atoms with E-state index in [0.717, 1.165) is 50.4 Å². The van der Waals surface area contributed by atoms with E-state index in [2.05, 4.69) is 28.2 Å². The van der Waals surface area contributed by atoms with Crippen LogP contribution in [0.2, 0.25) is 5.02 Å². The fourth-order valence-electron chi connectivity index (χ4n) is 3.29. The molecule has 3 aromatic carbocycles. The average Bonchev–Trinajstić information content (AvgIpc) is 3.02. The molecule has 0 saturated carbocycles. The molecule has 3 nitrogen and oxygen atoms in total. The molecule has 0 unspecified atom stereocenters. The van der Waals surface area contributed by atoms with Crippen molar-refractivity contribution in [3.8, 4) is 0 Å². The lowest BCUT2D eigenvalue weighted by Crippen LogP contribution is -2.19. The summed E-state index contributed by atoms with van der Waals surface area (Å²) >= 11 is 6.24. The van der Waals surface area contributed by atoms with Crippen LogP contribution in [0.1, 0.15) is 25.8 Å². The Morgan fingerprint density at radius 3 is 2.58 bits per heavy atom. The minimum Gasteiger partial charge on any atom is -0.390 e. The zero-order valence-electron chi connectivity index (χ0n) is 13.7. The summed E-state index contributed by atoms with van der Waals surface area (Å²) < 4.78 is 0. The van der Waals surface area contributed by atoms with Crippen LogP contribution in [-0.4, -0.2) is 20.7 Å². The Hall–Kier alpha value is -2.10. The number of fused-ring (bicyclic) bond motifs is 6. The molecule has 1 heterocycles. The Balaban J connectivity index is 1.99. The van der Waals surface area contributed by atoms with E-state index >= 15 is 0 Å². The number of benzene rings is 3. The van der Waals surface area contributed by atoms with E-state index in [1.807, 2.05) is 32.0 Å². The minimum atomic E-state index is -0.659. The Bertz CT molecular complexity index is 1060. The number of rotatable bonds is 3. The standard InChI is InChI=1S/C20H19ClN2O/c1-20(2,24)8-7-12-3-5-14-16(9-12)17-10-13(21)4-6-15(17)19-18(14)22-11-23-19/h3-6,9-11,24H,7-8H2,1-2H3,(H,22,23). The quantitative estimate of drug-likeness (QED) is 0.503. The molecule has 24 heavy (non-hydrogen) atoms. The van der Waals surface area contributed by atoms with E-state index in [9.17, 15) is 5.11 Å². The number of imidazole rings is 1. The van der Waals surface area contributed by atoms with E-state index in [4.69, 9.17) is 11.6 Å². The van der Waals surface area contributed by atoms with Crippen molar-refractivity contribution >= 4 is 44.2 Å². The third-order valence-electron chi connectivity index (χ3n) is 4.55. The van der Waals surface area contributed by atoms with Gasteiger partial charge >= 0.3 is 0 Å². The molecule has 2 N–H and O–H groups in total.